The fraction of sp³-hybridized carbons (Fsp3) is 0.444. The number of Topliss-reactive ketones (excluding diaryl/α,β-unsaturated/α-hetero) is 1. The van der Waals surface area contributed by atoms with Crippen LogP contribution < -0.4 is 10.1 Å². The van der Waals surface area contributed by atoms with Gasteiger partial charge in [0.1, 0.15) is 18.0 Å². The van der Waals surface area contributed by atoms with Gasteiger partial charge < -0.3 is 19.5 Å². The number of hydrogen-bond acceptors (Lipinski definition) is 7. The van der Waals surface area contributed by atoms with Crippen LogP contribution in [-0.2, 0) is 25.5 Å². The van der Waals surface area contributed by atoms with Gasteiger partial charge in [-0.3, -0.25) is 9.59 Å². The van der Waals surface area contributed by atoms with Crippen molar-refractivity contribution >= 4 is 29.3 Å². The monoisotopic (exact) mass is 503 g/mol. The second-order valence-electron chi connectivity index (χ2n) is 9.59. The summed E-state index contributed by atoms with van der Waals surface area (Å²) in [6.45, 7) is 9.35. The van der Waals surface area contributed by atoms with Crippen LogP contribution in [0.5, 0.6) is 5.75 Å². The number of benzene rings is 2. The first-order chi connectivity index (χ1) is 16.4. The van der Waals surface area contributed by atoms with Crippen molar-refractivity contribution in [3.8, 4) is 5.75 Å². The molecule has 0 heterocycles. The summed E-state index contributed by atoms with van der Waals surface area (Å²) in [6, 6.07) is 14.2. The zero-order chi connectivity index (χ0) is 26.1. The van der Waals surface area contributed by atoms with Crippen molar-refractivity contribution in [3.05, 3.63) is 64.7 Å². The molecule has 0 aromatic heterocycles. The molecule has 0 amide bonds. The third-order valence-corrected chi connectivity index (χ3v) is 5.04. The lowest BCUT2D eigenvalue weighted by Crippen LogP contribution is -2.40. The van der Waals surface area contributed by atoms with Crippen LogP contribution in [0, 0.1) is 0 Å². The first-order valence-electron chi connectivity index (χ1n) is 11.5. The van der Waals surface area contributed by atoms with Gasteiger partial charge in [0.25, 0.3) is 0 Å². The number of hydrogen-bond donors (Lipinski definition) is 1. The molecule has 8 heteroatoms. The molecule has 2 aromatic rings. The van der Waals surface area contributed by atoms with Crippen LogP contribution in [-0.4, -0.2) is 48.6 Å². The molecular weight excluding hydrogens is 470 g/mol. The molecule has 0 spiro atoms. The molecular formula is C27H34ClNO6. The van der Waals surface area contributed by atoms with Crippen molar-refractivity contribution in [3.63, 3.8) is 0 Å². The van der Waals surface area contributed by atoms with E-state index in [-0.39, 0.29) is 25.4 Å². The maximum absolute atomic E-state index is 12.4. The van der Waals surface area contributed by atoms with Crippen molar-refractivity contribution in [2.45, 2.75) is 58.7 Å². The third kappa shape index (κ3) is 10.5. The van der Waals surface area contributed by atoms with Gasteiger partial charge in [-0.25, -0.2) is 4.79 Å². The Bertz CT molecular complexity index is 994. The fourth-order valence-electron chi connectivity index (χ4n) is 3.03. The fourth-order valence-corrected chi connectivity index (χ4v) is 3.15. The Morgan fingerprint density at radius 2 is 1.54 bits per heavy atom. The molecule has 190 valence electrons. The number of carbonyl (C=O) groups excluding carboxylic acids is 3. The maximum atomic E-state index is 12.4. The highest BCUT2D eigenvalue weighted by Crippen LogP contribution is 2.21. The van der Waals surface area contributed by atoms with Crippen molar-refractivity contribution in [2.75, 3.05) is 19.7 Å². The minimum atomic E-state index is -1.22. The number of halogens is 1. The van der Waals surface area contributed by atoms with Gasteiger partial charge in [-0.2, -0.15) is 0 Å². The largest absolute Gasteiger partial charge is 0.476 e. The van der Waals surface area contributed by atoms with Crippen LogP contribution in [0.25, 0.3) is 0 Å². The Morgan fingerprint density at radius 1 is 0.914 bits per heavy atom. The quantitative estimate of drug-likeness (QED) is 0.253. The zero-order valence-corrected chi connectivity index (χ0v) is 21.7. The summed E-state index contributed by atoms with van der Waals surface area (Å²) in [5.41, 5.74) is -0.129. The van der Waals surface area contributed by atoms with E-state index in [1.54, 1.807) is 71.0 Å². The Morgan fingerprint density at radius 3 is 2.14 bits per heavy atom. The Labute approximate surface area is 212 Å². The van der Waals surface area contributed by atoms with Gasteiger partial charge in [-0.15, -0.1) is 0 Å². The SMILES string of the molecule is CC(C)(C)OC(=O)CCOC(=O)C(C)(C)Oc1ccc(CCNCC(=O)c2ccc(Cl)cc2)cc1. The molecule has 0 atom stereocenters. The van der Waals surface area contributed by atoms with Crippen LogP contribution in [0.1, 0.15) is 57.0 Å². The van der Waals surface area contributed by atoms with Crippen molar-refractivity contribution in [1.29, 1.82) is 0 Å². The molecule has 2 rings (SSSR count). The van der Waals surface area contributed by atoms with E-state index in [9.17, 15) is 14.4 Å². The molecule has 0 aliphatic heterocycles. The Hall–Kier alpha value is -2.90. The van der Waals surface area contributed by atoms with Gasteiger partial charge in [-0.1, -0.05) is 23.7 Å². The van der Waals surface area contributed by atoms with Crippen molar-refractivity contribution in [2.24, 2.45) is 0 Å². The Kier molecular flexibility index (Phi) is 10.3. The molecule has 7 nitrogen and oxygen atoms in total. The van der Waals surface area contributed by atoms with Crippen LogP contribution in [0.2, 0.25) is 5.02 Å². The lowest BCUT2D eigenvalue weighted by Gasteiger charge is -2.24. The zero-order valence-electron chi connectivity index (χ0n) is 21.0. The number of nitrogens with one attached hydrogen (secondary N) is 1. The van der Waals surface area contributed by atoms with E-state index in [4.69, 9.17) is 25.8 Å². The van der Waals surface area contributed by atoms with E-state index < -0.39 is 23.1 Å². The summed E-state index contributed by atoms with van der Waals surface area (Å²) in [4.78, 5) is 36.3. The molecule has 0 bridgehead atoms. The molecule has 0 fully saturated rings. The number of esters is 2. The van der Waals surface area contributed by atoms with Gasteiger partial charge >= 0.3 is 11.9 Å². The molecule has 0 saturated carbocycles. The summed E-state index contributed by atoms with van der Waals surface area (Å²) in [5.74, 6) is -0.470. The molecule has 0 aliphatic rings. The van der Waals surface area contributed by atoms with Gasteiger partial charge in [0.2, 0.25) is 0 Å². The highest BCUT2D eigenvalue weighted by Gasteiger charge is 2.32. The average molecular weight is 504 g/mol. The van der Waals surface area contributed by atoms with Crippen LogP contribution in [0.15, 0.2) is 48.5 Å². The first kappa shape index (κ1) is 28.3. The highest BCUT2D eigenvalue weighted by molar-refractivity contribution is 6.30. The van der Waals surface area contributed by atoms with Crippen LogP contribution in [0.4, 0.5) is 0 Å². The van der Waals surface area contributed by atoms with Gasteiger partial charge in [0, 0.05) is 10.6 Å². The maximum Gasteiger partial charge on any atom is 0.349 e. The molecule has 35 heavy (non-hydrogen) atoms. The summed E-state index contributed by atoms with van der Waals surface area (Å²) in [7, 11) is 0. The lowest BCUT2D eigenvalue weighted by atomic mass is 10.1. The molecule has 0 aliphatic carbocycles. The molecule has 0 radical (unpaired) electrons. The smallest absolute Gasteiger partial charge is 0.349 e. The van der Waals surface area contributed by atoms with Crippen molar-refractivity contribution < 1.29 is 28.6 Å². The van der Waals surface area contributed by atoms with E-state index in [1.165, 1.54) is 0 Å². The van der Waals surface area contributed by atoms with Gasteiger partial charge in [0.15, 0.2) is 11.4 Å². The second kappa shape index (κ2) is 12.7. The van der Waals surface area contributed by atoms with E-state index in [2.05, 4.69) is 5.32 Å². The average Bonchev–Trinajstić information content (AvgIpc) is 2.76. The normalized spacial score (nSPS) is 11.6. The standard InChI is InChI=1S/C27H34ClNO6/c1-26(2,3)35-24(31)15-17-33-25(32)27(4,5)34-22-12-6-19(7-13-22)14-16-29-18-23(30)20-8-10-21(28)11-9-20/h6-13,29H,14-18H2,1-5H3. The first-order valence-corrected chi connectivity index (χ1v) is 11.9. The van der Waals surface area contributed by atoms with E-state index in [0.29, 0.717) is 22.9 Å². The minimum Gasteiger partial charge on any atom is -0.476 e. The highest BCUT2D eigenvalue weighted by atomic mass is 35.5. The van der Waals surface area contributed by atoms with E-state index >= 15 is 0 Å². The van der Waals surface area contributed by atoms with E-state index in [1.807, 2.05) is 12.1 Å². The molecule has 0 saturated heterocycles. The lowest BCUT2D eigenvalue weighted by molar-refractivity contribution is -0.163. The third-order valence-electron chi connectivity index (χ3n) is 4.79. The predicted octanol–water partition coefficient (Wildman–Crippen LogP) is 4.79. The summed E-state index contributed by atoms with van der Waals surface area (Å²) in [6.07, 6.45) is 0.706. The van der Waals surface area contributed by atoms with Gasteiger partial charge in [0.05, 0.1) is 13.0 Å². The van der Waals surface area contributed by atoms with Crippen LogP contribution in [0.3, 0.4) is 0 Å². The molecule has 2 aromatic carbocycles. The van der Waals surface area contributed by atoms with Gasteiger partial charge in [-0.05, 0) is 89.5 Å². The summed E-state index contributed by atoms with van der Waals surface area (Å²) in [5, 5.41) is 3.74. The minimum absolute atomic E-state index is 0.00521. The Balaban J connectivity index is 1.73. The predicted molar refractivity (Wildman–Crippen MR) is 135 cm³/mol. The van der Waals surface area contributed by atoms with Crippen molar-refractivity contribution in [1.82, 2.24) is 5.32 Å². The second-order valence-corrected chi connectivity index (χ2v) is 10.0. The topological polar surface area (TPSA) is 90.9 Å². The summed E-state index contributed by atoms with van der Waals surface area (Å²) < 4.78 is 16.2. The van der Waals surface area contributed by atoms with Crippen LogP contribution >= 0.6 is 11.6 Å². The number of carbonyl (C=O) groups is 3. The summed E-state index contributed by atoms with van der Waals surface area (Å²) >= 11 is 5.85. The number of ketones is 1. The molecule has 0 unspecified atom stereocenters. The number of ether oxygens (including phenoxy) is 3. The van der Waals surface area contributed by atoms with E-state index in [0.717, 1.165) is 12.0 Å². The molecule has 1 N–H and O–H groups in total. The number of rotatable bonds is 12.